The molecule has 0 radical (unpaired) electrons. The van der Waals surface area contributed by atoms with Gasteiger partial charge >= 0.3 is 0 Å². The normalized spacial score (nSPS) is 11.0. The van der Waals surface area contributed by atoms with E-state index in [1.54, 1.807) is 6.21 Å². The van der Waals surface area contributed by atoms with Crippen molar-refractivity contribution in [3.05, 3.63) is 90.0 Å². The third kappa shape index (κ3) is 5.71. The first kappa shape index (κ1) is 23.3. The molecule has 0 fully saturated rings. The van der Waals surface area contributed by atoms with Crippen LogP contribution in [0.3, 0.4) is 0 Å². The molecule has 1 N–H and O–H groups in total. The molecule has 4 aromatic rings. The van der Waals surface area contributed by atoms with Crippen molar-refractivity contribution in [3.8, 4) is 22.8 Å². The summed E-state index contributed by atoms with van der Waals surface area (Å²) in [6.45, 7) is 4.52. The number of ether oxygens (including phenoxy) is 1. The van der Waals surface area contributed by atoms with E-state index in [2.05, 4.69) is 20.7 Å². The molecule has 0 aliphatic rings. The SMILES string of the molecule is CCOc1ccccc1/C=N/NC(=O)CSc1nnc(-c2ccc(C)cc2)n1-c1ccccc1. The number of para-hydroxylation sites is 2. The summed E-state index contributed by atoms with van der Waals surface area (Å²) in [5.74, 6) is 1.34. The molecule has 1 amide bonds. The Hall–Kier alpha value is -3.91. The second kappa shape index (κ2) is 11.3. The van der Waals surface area contributed by atoms with Crippen LogP contribution in [0.5, 0.6) is 5.75 Å². The first-order chi connectivity index (χ1) is 16.7. The monoisotopic (exact) mass is 471 g/mol. The van der Waals surface area contributed by atoms with Crippen LogP contribution >= 0.6 is 11.8 Å². The van der Waals surface area contributed by atoms with Crippen LogP contribution in [0.4, 0.5) is 0 Å². The van der Waals surface area contributed by atoms with E-state index in [-0.39, 0.29) is 11.7 Å². The molecule has 34 heavy (non-hydrogen) atoms. The average molecular weight is 472 g/mol. The number of carbonyl (C=O) groups excluding carboxylic acids is 1. The zero-order valence-electron chi connectivity index (χ0n) is 19.0. The zero-order valence-corrected chi connectivity index (χ0v) is 19.8. The lowest BCUT2D eigenvalue weighted by Gasteiger charge is -2.10. The molecule has 1 aromatic heterocycles. The highest BCUT2D eigenvalue weighted by atomic mass is 32.2. The maximum atomic E-state index is 12.4. The van der Waals surface area contributed by atoms with Gasteiger partial charge in [0.05, 0.1) is 18.6 Å². The van der Waals surface area contributed by atoms with Gasteiger partial charge in [-0.3, -0.25) is 9.36 Å². The Balaban J connectivity index is 1.48. The molecule has 3 aromatic carbocycles. The third-order valence-electron chi connectivity index (χ3n) is 4.90. The fraction of sp³-hybridized carbons (Fsp3) is 0.154. The van der Waals surface area contributed by atoms with E-state index >= 15 is 0 Å². The number of hydrogen-bond acceptors (Lipinski definition) is 6. The highest BCUT2D eigenvalue weighted by Crippen LogP contribution is 2.28. The fourth-order valence-corrected chi connectivity index (χ4v) is 4.02. The van der Waals surface area contributed by atoms with Crippen molar-refractivity contribution < 1.29 is 9.53 Å². The predicted octanol–water partition coefficient (Wildman–Crippen LogP) is 4.88. The number of thioether (sulfide) groups is 1. The lowest BCUT2D eigenvalue weighted by Crippen LogP contribution is -2.20. The summed E-state index contributed by atoms with van der Waals surface area (Å²) in [5.41, 5.74) is 6.42. The van der Waals surface area contributed by atoms with Gasteiger partial charge in [0.15, 0.2) is 11.0 Å². The molecule has 0 spiro atoms. The molecule has 0 aliphatic carbocycles. The number of carbonyl (C=O) groups is 1. The number of hydrogen-bond donors (Lipinski definition) is 1. The molecular formula is C26H25N5O2S. The molecule has 172 valence electrons. The van der Waals surface area contributed by atoms with Crippen LogP contribution in [0, 0.1) is 6.92 Å². The van der Waals surface area contributed by atoms with E-state index in [0.29, 0.717) is 11.8 Å². The number of benzene rings is 3. The molecule has 0 bridgehead atoms. The van der Waals surface area contributed by atoms with Crippen molar-refractivity contribution in [2.24, 2.45) is 5.10 Å². The van der Waals surface area contributed by atoms with Gasteiger partial charge in [0.2, 0.25) is 0 Å². The molecule has 7 nitrogen and oxygen atoms in total. The molecule has 0 saturated heterocycles. The summed E-state index contributed by atoms with van der Waals surface area (Å²) < 4.78 is 7.54. The quantitative estimate of drug-likeness (QED) is 0.214. The minimum atomic E-state index is -0.241. The summed E-state index contributed by atoms with van der Waals surface area (Å²) in [5, 5.41) is 13.5. The lowest BCUT2D eigenvalue weighted by molar-refractivity contribution is -0.118. The van der Waals surface area contributed by atoms with E-state index < -0.39 is 0 Å². The number of nitrogens with one attached hydrogen (secondary N) is 1. The minimum Gasteiger partial charge on any atom is -0.493 e. The molecule has 1 heterocycles. The second-order valence-electron chi connectivity index (χ2n) is 7.40. The molecule has 4 rings (SSSR count). The van der Waals surface area contributed by atoms with Crippen LogP contribution in [0.25, 0.3) is 17.1 Å². The molecule has 8 heteroatoms. The van der Waals surface area contributed by atoms with Crippen LogP contribution in [0.1, 0.15) is 18.1 Å². The molecule has 0 atom stereocenters. The number of amides is 1. The summed E-state index contributed by atoms with van der Waals surface area (Å²) in [6.07, 6.45) is 1.58. The number of rotatable bonds is 9. The van der Waals surface area contributed by atoms with Crippen LogP contribution in [-0.4, -0.2) is 39.2 Å². The minimum absolute atomic E-state index is 0.142. The number of aromatic nitrogens is 3. The molecule has 0 aliphatic heterocycles. The first-order valence-corrected chi connectivity index (χ1v) is 11.9. The summed E-state index contributed by atoms with van der Waals surface area (Å²) in [4.78, 5) is 12.4. The van der Waals surface area contributed by atoms with Gasteiger partial charge < -0.3 is 4.74 Å². The van der Waals surface area contributed by atoms with E-state index in [1.807, 2.05) is 97.3 Å². The Labute approximate surface area is 202 Å². The summed E-state index contributed by atoms with van der Waals surface area (Å²) in [7, 11) is 0. The van der Waals surface area contributed by atoms with E-state index in [1.165, 1.54) is 17.3 Å². The lowest BCUT2D eigenvalue weighted by atomic mass is 10.1. The maximum absolute atomic E-state index is 12.4. The highest BCUT2D eigenvalue weighted by molar-refractivity contribution is 7.99. The molecular weight excluding hydrogens is 446 g/mol. The summed E-state index contributed by atoms with van der Waals surface area (Å²) >= 11 is 1.30. The standard InChI is InChI=1S/C26H25N5O2S/c1-3-33-23-12-8-7-9-21(23)17-27-28-24(32)18-34-26-30-29-25(20-15-13-19(2)14-16-20)31(26)22-10-5-4-6-11-22/h4-17H,3,18H2,1-2H3,(H,28,32)/b27-17+. The van der Waals surface area contributed by atoms with Crippen LogP contribution in [-0.2, 0) is 4.79 Å². The highest BCUT2D eigenvalue weighted by Gasteiger charge is 2.17. The van der Waals surface area contributed by atoms with Gasteiger partial charge in [-0.15, -0.1) is 10.2 Å². The van der Waals surface area contributed by atoms with Crippen molar-refractivity contribution in [1.82, 2.24) is 20.2 Å². The van der Waals surface area contributed by atoms with Gasteiger partial charge in [-0.1, -0.05) is 71.9 Å². The Kier molecular flexibility index (Phi) is 7.72. The average Bonchev–Trinajstić information content (AvgIpc) is 3.29. The maximum Gasteiger partial charge on any atom is 0.250 e. The second-order valence-corrected chi connectivity index (χ2v) is 8.34. The third-order valence-corrected chi connectivity index (χ3v) is 5.83. The van der Waals surface area contributed by atoms with Crippen molar-refractivity contribution in [2.45, 2.75) is 19.0 Å². The van der Waals surface area contributed by atoms with Crippen LogP contribution in [0.15, 0.2) is 89.1 Å². The Bertz CT molecular complexity index is 1270. The predicted molar refractivity (Wildman–Crippen MR) is 136 cm³/mol. The van der Waals surface area contributed by atoms with Gasteiger partial charge in [-0.25, -0.2) is 5.43 Å². The number of aryl methyl sites for hydroxylation is 1. The first-order valence-electron chi connectivity index (χ1n) is 10.9. The van der Waals surface area contributed by atoms with Gasteiger partial charge in [-0.2, -0.15) is 5.10 Å². The Morgan fingerprint density at radius 2 is 1.76 bits per heavy atom. The molecule has 0 saturated carbocycles. The Morgan fingerprint density at radius 1 is 1.03 bits per heavy atom. The van der Waals surface area contributed by atoms with Crippen molar-refractivity contribution in [2.75, 3.05) is 12.4 Å². The van der Waals surface area contributed by atoms with Crippen LogP contribution in [0.2, 0.25) is 0 Å². The van der Waals surface area contributed by atoms with E-state index in [0.717, 1.165) is 28.4 Å². The van der Waals surface area contributed by atoms with E-state index in [9.17, 15) is 4.79 Å². The van der Waals surface area contributed by atoms with Gasteiger partial charge in [-0.05, 0) is 38.1 Å². The number of nitrogens with zero attached hydrogens (tertiary/aromatic N) is 4. The van der Waals surface area contributed by atoms with Crippen molar-refractivity contribution >= 4 is 23.9 Å². The fourth-order valence-electron chi connectivity index (χ4n) is 3.27. The van der Waals surface area contributed by atoms with Crippen molar-refractivity contribution in [3.63, 3.8) is 0 Å². The summed E-state index contributed by atoms with van der Waals surface area (Å²) in [6, 6.07) is 25.5. The number of hydrazone groups is 1. The van der Waals surface area contributed by atoms with Gasteiger partial charge in [0, 0.05) is 16.8 Å². The Morgan fingerprint density at radius 3 is 2.53 bits per heavy atom. The van der Waals surface area contributed by atoms with Gasteiger partial charge in [0.25, 0.3) is 5.91 Å². The van der Waals surface area contributed by atoms with Crippen LogP contribution < -0.4 is 10.2 Å². The van der Waals surface area contributed by atoms with Gasteiger partial charge in [0.1, 0.15) is 5.75 Å². The van der Waals surface area contributed by atoms with E-state index in [4.69, 9.17) is 4.74 Å². The topological polar surface area (TPSA) is 81.4 Å². The largest absolute Gasteiger partial charge is 0.493 e. The molecule has 0 unspecified atom stereocenters. The smallest absolute Gasteiger partial charge is 0.250 e. The zero-order chi connectivity index (χ0) is 23.8. The van der Waals surface area contributed by atoms with Crippen molar-refractivity contribution in [1.29, 1.82) is 0 Å².